The molecule has 1 N–H and O–H groups in total. The third-order valence-corrected chi connectivity index (χ3v) is 1.98. The van der Waals surface area contributed by atoms with Gasteiger partial charge in [0.2, 0.25) is 0 Å². The zero-order valence-electron chi connectivity index (χ0n) is 7.73. The first kappa shape index (κ1) is 10.8. The third-order valence-electron chi connectivity index (χ3n) is 1.67. The lowest BCUT2D eigenvalue weighted by Crippen LogP contribution is -2.11. The number of carbonyl (C=O) groups is 1. The van der Waals surface area contributed by atoms with E-state index >= 15 is 0 Å². The summed E-state index contributed by atoms with van der Waals surface area (Å²) in [5.74, 6) is -0.412. The summed E-state index contributed by atoms with van der Waals surface area (Å²) in [6.45, 7) is 1.58. The summed E-state index contributed by atoms with van der Waals surface area (Å²) in [7, 11) is 1.24. The van der Waals surface area contributed by atoms with Crippen molar-refractivity contribution in [2.75, 3.05) is 12.4 Å². The maximum Gasteiger partial charge on any atom is 0.411 e. The molecule has 0 aliphatic carbocycles. The summed E-state index contributed by atoms with van der Waals surface area (Å²) in [5, 5.41) is 2.51. The van der Waals surface area contributed by atoms with Gasteiger partial charge in [-0.1, -0.05) is 11.6 Å². The minimum absolute atomic E-state index is 0.138. The number of carbonyl (C=O) groups excluding carboxylic acids is 1. The van der Waals surface area contributed by atoms with Crippen LogP contribution in [0.25, 0.3) is 0 Å². The molecule has 0 radical (unpaired) electrons. The van der Waals surface area contributed by atoms with Gasteiger partial charge in [0.1, 0.15) is 5.82 Å². The van der Waals surface area contributed by atoms with Crippen LogP contribution in [0.3, 0.4) is 0 Å². The van der Waals surface area contributed by atoms with Crippen molar-refractivity contribution in [3.63, 3.8) is 0 Å². The number of hydrogen-bond donors (Lipinski definition) is 1. The molecule has 0 bridgehead atoms. The maximum absolute atomic E-state index is 13.0. The Balaban J connectivity index is 2.98. The van der Waals surface area contributed by atoms with Gasteiger partial charge in [-0.25, -0.2) is 9.18 Å². The molecule has 1 aromatic rings. The second-order valence-corrected chi connectivity index (χ2v) is 3.11. The van der Waals surface area contributed by atoms with Gasteiger partial charge in [-0.05, 0) is 24.6 Å². The number of amides is 1. The molecule has 5 heteroatoms. The van der Waals surface area contributed by atoms with Gasteiger partial charge in [0, 0.05) is 0 Å². The molecule has 0 aliphatic heterocycles. The van der Waals surface area contributed by atoms with Crippen molar-refractivity contribution >= 4 is 23.4 Å². The Hall–Kier alpha value is -1.29. The third kappa shape index (κ3) is 2.35. The van der Waals surface area contributed by atoms with Crippen molar-refractivity contribution in [2.24, 2.45) is 0 Å². The highest BCUT2D eigenvalue weighted by atomic mass is 35.5. The average molecular weight is 218 g/mol. The molecule has 0 aliphatic rings. The first-order valence-corrected chi connectivity index (χ1v) is 4.23. The zero-order chi connectivity index (χ0) is 10.7. The molecule has 0 saturated heterocycles. The predicted octanol–water partition coefficient (Wildman–Crippen LogP) is 2.97. The van der Waals surface area contributed by atoms with E-state index in [9.17, 15) is 9.18 Å². The van der Waals surface area contributed by atoms with Gasteiger partial charge in [0.05, 0.1) is 17.8 Å². The van der Waals surface area contributed by atoms with E-state index in [0.717, 1.165) is 6.07 Å². The van der Waals surface area contributed by atoms with Gasteiger partial charge in [0.25, 0.3) is 0 Å². The van der Waals surface area contributed by atoms with Crippen molar-refractivity contribution in [2.45, 2.75) is 6.92 Å². The molecule has 3 nitrogen and oxygen atoms in total. The van der Waals surface area contributed by atoms with Crippen LogP contribution in [-0.4, -0.2) is 13.2 Å². The van der Waals surface area contributed by atoms with Crippen molar-refractivity contribution in [1.82, 2.24) is 0 Å². The molecule has 0 unspecified atom stereocenters. The smallest absolute Gasteiger partial charge is 0.411 e. The first-order valence-electron chi connectivity index (χ1n) is 3.85. The minimum atomic E-state index is -0.641. The fourth-order valence-corrected chi connectivity index (χ4v) is 1.11. The monoisotopic (exact) mass is 217 g/mol. The Morgan fingerprint density at radius 1 is 1.57 bits per heavy atom. The van der Waals surface area contributed by atoms with Gasteiger partial charge in [0.15, 0.2) is 0 Å². The van der Waals surface area contributed by atoms with Crippen LogP contribution < -0.4 is 5.32 Å². The highest BCUT2D eigenvalue weighted by Gasteiger charge is 2.08. The summed E-state index contributed by atoms with van der Waals surface area (Å²) in [6, 6.07) is 2.58. The Morgan fingerprint density at radius 2 is 2.21 bits per heavy atom. The molecule has 1 rings (SSSR count). The molecule has 0 spiro atoms. The van der Waals surface area contributed by atoms with Crippen molar-refractivity contribution < 1.29 is 13.9 Å². The van der Waals surface area contributed by atoms with E-state index < -0.39 is 11.9 Å². The molecule has 1 amide bonds. The fourth-order valence-electron chi connectivity index (χ4n) is 0.914. The predicted molar refractivity (Wildman–Crippen MR) is 52.2 cm³/mol. The average Bonchev–Trinajstić information content (AvgIpc) is 2.14. The normalized spacial score (nSPS) is 9.71. The van der Waals surface area contributed by atoms with Gasteiger partial charge in [-0.3, -0.25) is 5.32 Å². The number of rotatable bonds is 1. The number of nitrogens with one attached hydrogen (secondary N) is 1. The number of methoxy groups -OCH3 is 1. The SMILES string of the molecule is COC(=O)Nc1cc(C)c(F)cc1Cl. The number of anilines is 1. The van der Waals surface area contributed by atoms with Crippen LogP contribution >= 0.6 is 11.6 Å². The van der Waals surface area contributed by atoms with Crippen molar-refractivity contribution in [3.8, 4) is 0 Å². The Bertz CT molecular complexity index is 368. The summed E-state index contributed by atoms with van der Waals surface area (Å²) >= 11 is 5.69. The van der Waals surface area contributed by atoms with Gasteiger partial charge < -0.3 is 4.74 Å². The molecule has 0 fully saturated rings. The van der Waals surface area contributed by atoms with Crippen LogP contribution in [0.1, 0.15) is 5.56 Å². The Labute approximate surface area is 85.8 Å². The molecule has 0 aromatic heterocycles. The summed E-state index contributed by atoms with van der Waals surface area (Å²) in [5.41, 5.74) is 0.734. The highest BCUT2D eigenvalue weighted by molar-refractivity contribution is 6.33. The molecular formula is C9H9ClFNO2. The van der Waals surface area contributed by atoms with E-state index in [-0.39, 0.29) is 5.02 Å². The van der Waals surface area contributed by atoms with Gasteiger partial charge in [-0.15, -0.1) is 0 Å². The fraction of sp³-hybridized carbons (Fsp3) is 0.222. The van der Waals surface area contributed by atoms with E-state index in [1.165, 1.54) is 13.2 Å². The van der Waals surface area contributed by atoms with Crippen LogP contribution in [0.15, 0.2) is 12.1 Å². The molecule has 0 saturated carbocycles. The van der Waals surface area contributed by atoms with Crippen molar-refractivity contribution in [1.29, 1.82) is 0 Å². The number of hydrogen-bond acceptors (Lipinski definition) is 2. The number of halogens is 2. The van der Waals surface area contributed by atoms with Crippen LogP contribution in [0, 0.1) is 12.7 Å². The maximum atomic E-state index is 13.0. The molecule has 76 valence electrons. The van der Waals surface area contributed by atoms with Crippen LogP contribution in [0.2, 0.25) is 5.02 Å². The highest BCUT2D eigenvalue weighted by Crippen LogP contribution is 2.25. The molecule has 14 heavy (non-hydrogen) atoms. The lowest BCUT2D eigenvalue weighted by Gasteiger charge is -2.07. The summed E-state index contributed by atoms with van der Waals surface area (Å²) in [4.78, 5) is 10.8. The molecular weight excluding hydrogens is 209 g/mol. The topological polar surface area (TPSA) is 38.3 Å². The zero-order valence-corrected chi connectivity index (χ0v) is 8.48. The Morgan fingerprint density at radius 3 is 2.79 bits per heavy atom. The largest absolute Gasteiger partial charge is 0.453 e. The quantitative estimate of drug-likeness (QED) is 0.786. The number of benzene rings is 1. The van der Waals surface area contributed by atoms with Crippen LogP contribution in [-0.2, 0) is 4.74 Å². The summed E-state index contributed by atoms with van der Waals surface area (Å²) in [6.07, 6.45) is -0.641. The molecule has 1 aromatic carbocycles. The second kappa shape index (κ2) is 4.28. The second-order valence-electron chi connectivity index (χ2n) is 2.70. The van der Waals surface area contributed by atoms with E-state index in [0.29, 0.717) is 11.3 Å². The summed E-state index contributed by atoms with van der Waals surface area (Å²) < 4.78 is 17.3. The molecule has 0 atom stereocenters. The van der Waals surface area contributed by atoms with E-state index in [4.69, 9.17) is 11.6 Å². The Kier molecular flexibility index (Phi) is 3.30. The van der Waals surface area contributed by atoms with E-state index in [2.05, 4.69) is 10.1 Å². The standard InChI is InChI=1S/C9H9ClFNO2/c1-5-3-8(12-9(13)14-2)6(10)4-7(5)11/h3-4H,1-2H3,(H,12,13). The van der Waals surface area contributed by atoms with E-state index in [1.807, 2.05) is 0 Å². The first-order chi connectivity index (χ1) is 6.54. The van der Waals surface area contributed by atoms with Crippen molar-refractivity contribution in [3.05, 3.63) is 28.5 Å². The minimum Gasteiger partial charge on any atom is -0.453 e. The van der Waals surface area contributed by atoms with E-state index in [1.54, 1.807) is 6.92 Å². The lowest BCUT2D eigenvalue weighted by molar-refractivity contribution is 0.187. The van der Waals surface area contributed by atoms with Gasteiger partial charge in [-0.2, -0.15) is 0 Å². The number of aryl methyl sites for hydroxylation is 1. The number of ether oxygens (including phenoxy) is 1. The van der Waals surface area contributed by atoms with Crippen LogP contribution in [0.5, 0.6) is 0 Å². The van der Waals surface area contributed by atoms with Crippen LogP contribution in [0.4, 0.5) is 14.9 Å². The lowest BCUT2D eigenvalue weighted by atomic mass is 10.2. The van der Waals surface area contributed by atoms with Gasteiger partial charge >= 0.3 is 6.09 Å². The molecule has 0 heterocycles.